The van der Waals surface area contributed by atoms with Crippen LogP contribution in [0.15, 0.2) is 36.4 Å². The van der Waals surface area contributed by atoms with E-state index in [9.17, 15) is 0 Å². The van der Waals surface area contributed by atoms with E-state index in [1.165, 1.54) is 0 Å². The van der Waals surface area contributed by atoms with Crippen molar-refractivity contribution in [2.24, 2.45) is 0 Å². The van der Waals surface area contributed by atoms with Crippen LogP contribution in [0, 0.1) is 6.92 Å². The van der Waals surface area contributed by atoms with Crippen LogP contribution >= 0.6 is 23.0 Å². The van der Waals surface area contributed by atoms with Crippen molar-refractivity contribution in [3.8, 4) is 28.4 Å². The van der Waals surface area contributed by atoms with Gasteiger partial charge in [0.1, 0.15) is 11.6 Å². The molecule has 0 saturated carbocycles. The number of ether oxygens (including phenoxy) is 1. The van der Waals surface area contributed by atoms with Gasteiger partial charge in [-0.05, 0) is 26.0 Å². The summed E-state index contributed by atoms with van der Waals surface area (Å²) in [5.41, 5.74) is 10.3. The van der Waals surface area contributed by atoms with Crippen LogP contribution in [-0.4, -0.2) is 27.0 Å². The molecule has 0 amide bonds. The van der Waals surface area contributed by atoms with Gasteiger partial charge >= 0.3 is 0 Å². The Kier molecular flexibility index (Phi) is 5.40. The van der Waals surface area contributed by atoms with Crippen molar-refractivity contribution in [1.82, 2.24) is 19.9 Å². The number of aromatic amines is 1. The number of pyridine rings is 2. The minimum absolute atomic E-state index is 0.404. The molecule has 8 heteroatoms. The number of H-pyrrole nitrogens is 1. The van der Waals surface area contributed by atoms with E-state index in [-0.39, 0.29) is 0 Å². The lowest BCUT2D eigenvalue weighted by molar-refractivity contribution is 0.297. The third-order valence-electron chi connectivity index (χ3n) is 3.91. The second-order valence-electron chi connectivity index (χ2n) is 5.66. The van der Waals surface area contributed by atoms with Gasteiger partial charge in [0.15, 0.2) is 23.0 Å². The standard InChI is InChI=1S/C18H18IN5O2/c1-10(25-3)6-15-11(2)23-18(24-15)14-7-13(9-22-17(14)20)12-4-5-16(26-19)21-8-12/h4-9H,1-3H3,(H2,20,22)(H,23,24)/b10-6+. The van der Waals surface area contributed by atoms with E-state index >= 15 is 0 Å². The molecule has 3 heterocycles. The van der Waals surface area contributed by atoms with E-state index < -0.39 is 0 Å². The minimum Gasteiger partial charge on any atom is -0.501 e. The molecule has 7 nitrogen and oxygen atoms in total. The fourth-order valence-corrected chi connectivity index (χ4v) is 2.68. The van der Waals surface area contributed by atoms with E-state index in [4.69, 9.17) is 13.5 Å². The number of anilines is 1. The Hall–Kier alpha value is -2.62. The summed E-state index contributed by atoms with van der Waals surface area (Å²) in [6.07, 6.45) is 5.34. The Morgan fingerprint density at radius 2 is 2.00 bits per heavy atom. The number of methoxy groups -OCH3 is 1. The van der Waals surface area contributed by atoms with Gasteiger partial charge in [0, 0.05) is 35.7 Å². The van der Waals surface area contributed by atoms with E-state index in [1.54, 1.807) is 48.6 Å². The van der Waals surface area contributed by atoms with Crippen molar-refractivity contribution in [1.29, 1.82) is 0 Å². The number of rotatable bonds is 5. The Morgan fingerprint density at radius 1 is 1.23 bits per heavy atom. The Morgan fingerprint density at radius 3 is 2.65 bits per heavy atom. The van der Waals surface area contributed by atoms with Crippen LogP contribution in [0.1, 0.15) is 18.3 Å². The van der Waals surface area contributed by atoms with E-state index in [0.717, 1.165) is 33.8 Å². The molecule has 0 atom stereocenters. The zero-order chi connectivity index (χ0) is 18.7. The average molecular weight is 463 g/mol. The maximum atomic E-state index is 6.08. The summed E-state index contributed by atoms with van der Waals surface area (Å²) < 4.78 is 10.3. The first-order valence-electron chi connectivity index (χ1n) is 7.81. The number of halogens is 1. The molecule has 0 aliphatic rings. The van der Waals surface area contributed by atoms with Gasteiger partial charge in [-0.3, -0.25) is 0 Å². The molecule has 0 unspecified atom stereocenters. The molecule has 134 valence electrons. The summed E-state index contributed by atoms with van der Waals surface area (Å²) in [5, 5.41) is 0. The summed E-state index contributed by atoms with van der Waals surface area (Å²) in [6, 6.07) is 5.66. The van der Waals surface area contributed by atoms with Gasteiger partial charge in [0.2, 0.25) is 5.88 Å². The number of nitrogens with two attached hydrogens (primary N) is 1. The predicted octanol–water partition coefficient (Wildman–Crippen LogP) is 4.16. The van der Waals surface area contributed by atoms with Gasteiger partial charge < -0.3 is 18.5 Å². The number of nitrogens with one attached hydrogen (secondary N) is 1. The molecule has 0 radical (unpaired) electrons. The highest BCUT2D eigenvalue weighted by atomic mass is 127. The highest BCUT2D eigenvalue weighted by molar-refractivity contribution is 14.1. The molecular formula is C18H18IN5O2. The van der Waals surface area contributed by atoms with Gasteiger partial charge in [-0.25, -0.2) is 15.0 Å². The minimum atomic E-state index is 0.404. The average Bonchev–Trinajstić information content (AvgIpc) is 3.02. The van der Waals surface area contributed by atoms with Crippen LogP contribution in [0.3, 0.4) is 0 Å². The highest BCUT2D eigenvalue weighted by Gasteiger charge is 2.13. The SMILES string of the molecule is CO/C(C)=C/c1[nH]c(-c2cc(-c3ccc(OI)nc3)cnc2N)nc1C. The molecule has 3 aromatic heterocycles. The molecule has 0 fully saturated rings. The fourth-order valence-electron chi connectivity index (χ4n) is 2.42. The lowest BCUT2D eigenvalue weighted by Gasteiger charge is -2.06. The third kappa shape index (κ3) is 3.79. The summed E-state index contributed by atoms with van der Waals surface area (Å²) in [4.78, 5) is 16.4. The van der Waals surface area contributed by atoms with Crippen molar-refractivity contribution in [3.63, 3.8) is 0 Å². The molecule has 0 aliphatic heterocycles. The first-order valence-corrected chi connectivity index (χ1v) is 8.69. The van der Waals surface area contributed by atoms with Crippen molar-refractivity contribution in [2.75, 3.05) is 12.8 Å². The van der Waals surface area contributed by atoms with Gasteiger partial charge in [0.05, 0.1) is 29.8 Å². The molecule has 26 heavy (non-hydrogen) atoms. The Labute approximate surface area is 165 Å². The first-order chi connectivity index (χ1) is 12.5. The molecule has 0 bridgehead atoms. The van der Waals surface area contributed by atoms with E-state index in [1.807, 2.05) is 32.1 Å². The number of nitrogens with zero attached hydrogens (tertiary/aromatic N) is 3. The molecule has 3 rings (SSSR count). The zero-order valence-electron chi connectivity index (χ0n) is 14.6. The summed E-state index contributed by atoms with van der Waals surface area (Å²) in [7, 11) is 1.63. The number of aryl methyl sites for hydroxylation is 1. The lowest BCUT2D eigenvalue weighted by atomic mass is 10.1. The Balaban J connectivity index is 2.01. The summed E-state index contributed by atoms with van der Waals surface area (Å²) in [6.45, 7) is 3.81. The molecule has 0 saturated heterocycles. The number of imidazole rings is 1. The summed E-state index contributed by atoms with van der Waals surface area (Å²) in [5.74, 6) is 2.39. The number of hydrogen-bond acceptors (Lipinski definition) is 6. The molecule has 0 aromatic carbocycles. The zero-order valence-corrected chi connectivity index (χ0v) is 16.7. The van der Waals surface area contributed by atoms with Crippen molar-refractivity contribution in [2.45, 2.75) is 13.8 Å². The van der Waals surface area contributed by atoms with E-state index in [0.29, 0.717) is 17.5 Å². The maximum Gasteiger partial charge on any atom is 0.224 e. The fraction of sp³-hybridized carbons (Fsp3) is 0.167. The van der Waals surface area contributed by atoms with E-state index in [2.05, 4.69) is 19.9 Å². The topological polar surface area (TPSA) is 98.9 Å². The lowest BCUT2D eigenvalue weighted by Crippen LogP contribution is -1.96. The van der Waals surface area contributed by atoms with Crippen LogP contribution in [0.2, 0.25) is 0 Å². The third-order valence-corrected chi connectivity index (χ3v) is 4.37. The van der Waals surface area contributed by atoms with Crippen LogP contribution < -0.4 is 8.80 Å². The van der Waals surface area contributed by atoms with Gasteiger partial charge in [0.25, 0.3) is 0 Å². The normalized spacial score (nSPS) is 11.5. The van der Waals surface area contributed by atoms with Gasteiger partial charge in [-0.15, -0.1) is 0 Å². The number of aromatic nitrogens is 4. The van der Waals surface area contributed by atoms with Crippen LogP contribution in [-0.2, 0) is 4.74 Å². The van der Waals surface area contributed by atoms with Gasteiger partial charge in [-0.1, -0.05) is 0 Å². The quantitative estimate of drug-likeness (QED) is 0.436. The van der Waals surface area contributed by atoms with Crippen molar-refractivity contribution in [3.05, 3.63) is 47.7 Å². The predicted molar refractivity (Wildman–Crippen MR) is 110 cm³/mol. The smallest absolute Gasteiger partial charge is 0.224 e. The van der Waals surface area contributed by atoms with Crippen LogP contribution in [0.4, 0.5) is 5.82 Å². The van der Waals surface area contributed by atoms with Gasteiger partial charge in [-0.2, -0.15) is 0 Å². The summed E-state index contributed by atoms with van der Waals surface area (Å²) >= 11 is 1.80. The van der Waals surface area contributed by atoms with Crippen LogP contribution in [0.5, 0.6) is 5.88 Å². The largest absolute Gasteiger partial charge is 0.501 e. The number of nitrogen functional groups attached to an aromatic ring is 1. The molecule has 3 N–H and O–H groups in total. The van der Waals surface area contributed by atoms with Crippen molar-refractivity contribution >= 4 is 34.9 Å². The monoisotopic (exact) mass is 463 g/mol. The molecular weight excluding hydrogens is 445 g/mol. The Bertz CT molecular complexity index is 951. The maximum absolute atomic E-state index is 6.08. The number of hydrogen-bond donors (Lipinski definition) is 2. The molecule has 0 spiro atoms. The molecule has 0 aliphatic carbocycles. The second-order valence-corrected chi connectivity index (χ2v) is 6.10. The second kappa shape index (κ2) is 7.73. The molecule has 3 aromatic rings. The van der Waals surface area contributed by atoms with Crippen LogP contribution in [0.25, 0.3) is 28.6 Å². The van der Waals surface area contributed by atoms with Crippen molar-refractivity contribution < 1.29 is 7.80 Å². The number of allylic oxidation sites excluding steroid dienone is 1. The highest BCUT2D eigenvalue weighted by Crippen LogP contribution is 2.29. The first kappa shape index (κ1) is 18.2.